The fourth-order valence-electron chi connectivity index (χ4n) is 2.83. The summed E-state index contributed by atoms with van der Waals surface area (Å²) < 4.78 is 16.1. The van der Waals surface area contributed by atoms with E-state index in [-0.39, 0.29) is 5.91 Å². The fraction of sp³-hybridized carbons (Fsp3) is 0.227. The first-order chi connectivity index (χ1) is 14.2. The normalized spacial score (nSPS) is 10.4. The molecule has 0 atom stereocenters. The van der Waals surface area contributed by atoms with Crippen molar-refractivity contribution >= 4 is 29.0 Å². The van der Waals surface area contributed by atoms with E-state index in [4.69, 9.17) is 14.2 Å². The number of thioether (sulfide) groups is 1. The lowest BCUT2D eigenvalue weighted by atomic mass is 10.1. The molecule has 1 amide bonds. The van der Waals surface area contributed by atoms with E-state index >= 15 is 0 Å². The molecule has 0 aliphatic carbocycles. The summed E-state index contributed by atoms with van der Waals surface area (Å²) in [6.45, 7) is 0.346. The molecular weight excluding hydrogens is 406 g/mol. The molecule has 0 aliphatic heterocycles. The van der Waals surface area contributed by atoms with Gasteiger partial charge in [-0.1, -0.05) is 12.1 Å². The van der Waals surface area contributed by atoms with Gasteiger partial charge in [0.05, 0.1) is 26.9 Å². The summed E-state index contributed by atoms with van der Waals surface area (Å²) >= 11 is 3.34. The first-order valence-corrected chi connectivity index (χ1v) is 10.9. The second-order valence-corrected chi connectivity index (χ2v) is 7.93. The zero-order chi connectivity index (χ0) is 20.6. The summed E-state index contributed by atoms with van der Waals surface area (Å²) in [7, 11) is 4.70. The molecule has 0 spiro atoms. The van der Waals surface area contributed by atoms with Crippen LogP contribution in [0.15, 0.2) is 58.1 Å². The highest BCUT2D eigenvalue weighted by Crippen LogP contribution is 2.38. The van der Waals surface area contributed by atoms with Gasteiger partial charge in [-0.2, -0.15) is 11.3 Å². The molecule has 0 bridgehead atoms. The van der Waals surface area contributed by atoms with Crippen molar-refractivity contribution in [2.75, 3.05) is 21.3 Å². The first-order valence-electron chi connectivity index (χ1n) is 8.96. The van der Waals surface area contributed by atoms with Crippen molar-refractivity contribution in [2.24, 2.45) is 0 Å². The van der Waals surface area contributed by atoms with Crippen LogP contribution in [0.2, 0.25) is 0 Å². The number of ether oxygens (including phenoxy) is 3. The minimum Gasteiger partial charge on any atom is -0.493 e. The van der Waals surface area contributed by atoms with Crippen molar-refractivity contribution in [3.63, 3.8) is 0 Å². The average molecular weight is 430 g/mol. The molecule has 0 saturated heterocycles. The van der Waals surface area contributed by atoms with E-state index in [1.54, 1.807) is 44.4 Å². The minimum absolute atomic E-state index is 0.118. The van der Waals surface area contributed by atoms with E-state index in [9.17, 15) is 4.79 Å². The van der Waals surface area contributed by atoms with Crippen LogP contribution >= 0.6 is 23.1 Å². The first kappa shape index (κ1) is 21.1. The van der Waals surface area contributed by atoms with E-state index < -0.39 is 0 Å². The van der Waals surface area contributed by atoms with E-state index in [1.807, 2.05) is 36.4 Å². The SMILES string of the molecule is COc1cc(CNC(=O)c2ccccc2SCc2ccsc2)cc(OC)c1OC. The quantitative estimate of drug-likeness (QED) is 0.485. The molecule has 7 heteroatoms. The van der Waals surface area contributed by atoms with Crippen LogP contribution in [-0.2, 0) is 12.3 Å². The zero-order valence-electron chi connectivity index (χ0n) is 16.6. The van der Waals surface area contributed by atoms with E-state index in [0.717, 1.165) is 16.2 Å². The maximum absolute atomic E-state index is 12.8. The van der Waals surface area contributed by atoms with Crippen molar-refractivity contribution < 1.29 is 19.0 Å². The van der Waals surface area contributed by atoms with E-state index in [0.29, 0.717) is 29.4 Å². The third-order valence-corrected chi connectivity index (χ3v) is 6.16. The van der Waals surface area contributed by atoms with Crippen LogP contribution in [0.3, 0.4) is 0 Å². The van der Waals surface area contributed by atoms with Gasteiger partial charge in [0, 0.05) is 17.2 Å². The zero-order valence-corrected chi connectivity index (χ0v) is 18.2. The van der Waals surface area contributed by atoms with Gasteiger partial charge in [-0.25, -0.2) is 0 Å². The van der Waals surface area contributed by atoms with E-state index in [1.165, 1.54) is 5.56 Å². The number of rotatable bonds is 9. The number of thiophene rings is 1. The number of hydrogen-bond acceptors (Lipinski definition) is 6. The maximum Gasteiger partial charge on any atom is 0.252 e. The van der Waals surface area contributed by atoms with Gasteiger partial charge >= 0.3 is 0 Å². The Morgan fingerprint density at radius 3 is 2.34 bits per heavy atom. The highest BCUT2D eigenvalue weighted by Gasteiger charge is 2.15. The van der Waals surface area contributed by atoms with Crippen molar-refractivity contribution in [3.05, 3.63) is 69.9 Å². The maximum atomic E-state index is 12.8. The summed E-state index contributed by atoms with van der Waals surface area (Å²) in [6.07, 6.45) is 0. The molecule has 0 radical (unpaired) electrons. The van der Waals surface area contributed by atoms with Crippen molar-refractivity contribution in [1.82, 2.24) is 5.32 Å². The van der Waals surface area contributed by atoms with E-state index in [2.05, 4.69) is 22.1 Å². The molecular formula is C22H23NO4S2. The molecule has 0 fully saturated rings. The molecule has 1 N–H and O–H groups in total. The Balaban J connectivity index is 1.71. The summed E-state index contributed by atoms with van der Waals surface area (Å²) in [5, 5.41) is 7.17. The number of carbonyl (C=O) groups is 1. The van der Waals surface area contributed by atoms with Gasteiger partial charge in [-0.3, -0.25) is 4.79 Å². The Labute approximate surface area is 179 Å². The van der Waals surface area contributed by atoms with Crippen LogP contribution in [0.5, 0.6) is 17.2 Å². The third kappa shape index (κ3) is 5.25. The fourth-order valence-corrected chi connectivity index (χ4v) is 4.60. The van der Waals surface area contributed by atoms with Gasteiger partial charge in [0.15, 0.2) is 11.5 Å². The Kier molecular flexibility index (Phi) is 7.43. The lowest BCUT2D eigenvalue weighted by molar-refractivity contribution is 0.0948. The Hall–Kier alpha value is -2.64. The molecule has 152 valence electrons. The molecule has 1 heterocycles. The number of benzene rings is 2. The van der Waals surface area contributed by atoms with Gasteiger partial charge in [-0.15, -0.1) is 11.8 Å². The van der Waals surface area contributed by atoms with Gasteiger partial charge in [0.25, 0.3) is 5.91 Å². The standard InChI is InChI=1S/C22H23NO4S2/c1-25-18-10-16(11-19(26-2)21(18)27-3)12-23-22(24)17-6-4-5-7-20(17)29-14-15-8-9-28-13-15/h4-11,13H,12,14H2,1-3H3,(H,23,24). The molecule has 1 aromatic heterocycles. The number of carbonyl (C=O) groups excluding carboxylic acids is 1. The van der Waals surface area contributed by atoms with Crippen molar-refractivity contribution in [1.29, 1.82) is 0 Å². The monoisotopic (exact) mass is 429 g/mol. The molecule has 29 heavy (non-hydrogen) atoms. The molecule has 3 aromatic rings. The molecule has 5 nitrogen and oxygen atoms in total. The predicted molar refractivity (Wildman–Crippen MR) is 118 cm³/mol. The Morgan fingerprint density at radius 1 is 1.00 bits per heavy atom. The van der Waals surface area contributed by atoms with Gasteiger partial charge in [0.2, 0.25) is 5.75 Å². The van der Waals surface area contributed by atoms with Gasteiger partial charge in [-0.05, 0) is 52.2 Å². The summed E-state index contributed by atoms with van der Waals surface area (Å²) in [5.74, 6) is 2.36. The number of nitrogens with one attached hydrogen (secondary N) is 1. The smallest absolute Gasteiger partial charge is 0.252 e. The van der Waals surface area contributed by atoms with Crippen LogP contribution in [0.1, 0.15) is 21.5 Å². The average Bonchev–Trinajstić information content (AvgIpc) is 3.29. The van der Waals surface area contributed by atoms with Crippen LogP contribution in [0.4, 0.5) is 0 Å². The van der Waals surface area contributed by atoms with Crippen LogP contribution in [0, 0.1) is 0 Å². The van der Waals surface area contributed by atoms with Crippen molar-refractivity contribution in [3.8, 4) is 17.2 Å². The van der Waals surface area contributed by atoms with Gasteiger partial charge in [0.1, 0.15) is 0 Å². The summed E-state index contributed by atoms with van der Waals surface area (Å²) in [6, 6.07) is 13.4. The molecule has 0 unspecified atom stereocenters. The predicted octanol–water partition coefficient (Wildman–Crippen LogP) is 5.00. The topological polar surface area (TPSA) is 56.8 Å². The number of hydrogen-bond donors (Lipinski definition) is 1. The Morgan fingerprint density at radius 2 is 1.72 bits per heavy atom. The lowest BCUT2D eigenvalue weighted by Gasteiger charge is -2.15. The summed E-state index contributed by atoms with van der Waals surface area (Å²) in [5.41, 5.74) is 2.78. The highest BCUT2D eigenvalue weighted by atomic mass is 32.2. The molecule has 2 aromatic carbocycles. The molecule has 0 aliphatic rings. The molecule has 3 rings (SSSR count). The summed E-state index contributed by atoms with van der Waals surface area (Å²) in [4.78, 5) is 13.8. The molecule has 0 saturated carbocycles. The second-order valence-electron chi connectivity index (χ2n) is 6.13. The Bertz CT molecular complexity index is 932. The van der Waals surface area contributed by atoms with Crippen molar-refractivity contribution in [2.45, 2.75) is 17.2 Å². The second kappa shape index (κ2) is 10.2. The highest BCUT2D eigenvalue weighted by molar-refractivity contribution is 7.98. The number of amides is 1. The minimum atomic E-state index is -0.118. The van der Waals surface area contributed by atoms with Gasteiger partial charge < -0.3 is 19.5 Å². The largest absolute Gasteiger partial charge is 0.493 e. The van der Waals surface area contributed by atoms with Crippen LogP contribution in [0.25, 0.3) is 0 Å². The third-order valence-electron chi connectivity index (χ3n) is 4.28. The number of methoxy groups -OCH3 is 3. The van der Waals surface area contributed by atoms with Crippen LogP contribution in [-0.4, -0.2) is 27.2 Å². The van der Waals surface area contributed by atoms with Crippen LogP contribution < -0.4 is 19.5 Å². The lowest BCUT2D eigenvalue weighted by Crippen LogP contribution is -2.23.